The van der Waals surface area contributed by atoms with Crippen molar-refractivity contribution in [3.05, 3.63) is 11.5 Å². The molecular formula is C11H14ClN3O4S2. The molecular weight excluding hydrogens is 338 g/mol. The Hall–Kier alpha value is -1.08. The molecule has 10 heteroatoms. The quantitative estimate of drug-likeness (QED) is 0.706. The maximum absolute atomic E-state index is 12.6. The number of hydrogen-bond donors (Lipinski definition) is 0. The molecule has 7 nitrogen and oxygen atoms in total. The Kier molecular flexibility index (Phi) is 4.35. The molecule has 1 aromatic rings. The molecule has 1 aromatic heterocycles. The smallest absolute Gasteiger partial charge is 0.264 e. The van der Waals surface area contributed by atoms with Crippen LogP contribution < -0.4 is 0 Å². The normalized spacial score (nSPS) is 21.5. The highest BCUT2D eigenvalue weighted by molar-refractivity contribution is 7.92. The fourth-order valence-electron chi connectivity index (χ4n) is 2.18. The van der Waals surface area contributed by atoms with Gasteiger partial charge in [0.15, 0.2) is 9.84 Å². The third kappa shape index (κ3) is 3.08. The average Bonchev–Trinajstić information content (AvgIpc) is 2.90. The largest absolute Gasteiger partial charge is 0.324 e. The minimum absolute atomic E-state index is 0.0436. The first-order valence-electron chi connectivity index (χ1n) is 6.01. The van der Waals surface area contributed by atoms with Gasteiger partial charge in [-0.1, -0.05) is 17.5 Å². The second-order valence-electron chi connectivity index (χ2n) is 4.76. The van der Waals surface area contributed by atoms with Gasteiger partial charge < -0.3 is 4.57 Å². The Balaban J connectivity index is 2.43. The number of sulfone groups is 1. The first kappa shape index (κ1) is 16.3. The van der Waals surface area contributed by atoms with E-state index in [4.69, 9.17) is 18.0 Å². The molecule has 0 spiro atoms. The van der Waals surface area contributed by atoms with Gasteiger partial charge in [0.25, 0.3) is 10.0 Å². The molecule has 21 heavy (non-hydrogen) atoms. The Morgan fingerprint density at radius 3 is 2.71 bits per heavy atom. The second kappa shape index (κ2) is 5.61. The summed E-state index contributed by atoms with van der Waals surface area (Å²) in [6.07, 6.45) is 6.71. The summed E-state index contributed by atoms with van der Waals surface area (Å²) < 4.78 is 50.7. The van der Waals surface area contributed by atoms with Crippen LogP contribution in [0.15, 0.2) is 11.4 Å². The van der Waals surface area contributed by atoms with Crippen molar-refractivity contribution < 1.29 is 16.8 Å². The molecule has 0 saturated carbocycles. The molecule has 1 unspecified atom stereocenters. The number of terminal acetylenes is 1. The summed E-state index contributed by atoms with van der Waals surface area (Å²) in [5.74, 6) is 1.96. The van der Waals surface area contributed by atoms with Gasteiger partial charge in [0, 0.05) is 13.1 Å². The minimum atomic E-state index is -4.04. The van der Waals surface area contributed by atoms with Gasteiger partial charge in [-0.05, 0) is 6.42 Å². The lowest BCUT2D eigenvalue weighted by molar-refractivity contribution is 0.370. The molecule has 2 rings (SSSR count). The van der Waals surface area contributed by atoms with Crippen molar-refractivity contribution in [3.63, 3.8) is 0 Å². The van der Waals surface area contributed by atoms with Crippen molar-refractivity contribution in [2.45, 2.75) is 17.5 Å². The number of rotatable bonds is 4. The van der Waals surface area contributed by atoms with E-state index in [9.17, 15) is 16.8 Å². The van der Waals surface area contributed by atoms with Crippen molar-refractivity contribution in [3.8, 4) is 12.3 Å². The first-order chi connectivity index (χ1) is 9.69. The van der Waals surface area contributed by atoms with Gasteiger partial charge >= 0.3 is 0 Å². The molecule has 1 aliphatic rings. The van der Waals surface area contributed by atoms with Crippen LogP contribution in [0.4, 0.5) is 0 Å². The standard InChI is InChI=1S/C11H14ClN3O4S2/c1-3-5-15(9-4-6-20(16,17)7-9)21(18,19)11-10(12)14(2)8-13-11/h1,8-9H,4-7H2,2H3. The van der Waals surface area contributed by atoms with Crippen LogP contribution in [0.5, 0.6) is 0 Å². The van der Waals surface area contributed by atoms with E-state index < -0.39 is 25.9 Å². The van der Waals surface area contributed by atoms with Gasteiger partial charge in [0.2, 0.25) is 5.03 Å². The number of aryl methyl sites for hydroxylation is 1. The molecule has 2 heterocycles. The number of sulfonamides is 1. The molecule has 0 aromatic carbocycles. The van der Waals surface area contributed by atoms with Gasteiger partial charge in [-0.2, -0.15) is 4.31 Å². The number of hydrogen-bond acceptors (Lipinski definition) is 5. The van der Waals surface area contributed by atoms with E-state index in [1.807, 2.05) is 0 Å². The lowest BCUT2D eigenvalue weighted by Crippen LogP contribution is -2.41. The lowest BCUT2D eigenvalue weighted by Gasteiger charge is -2.24. The van der Waals surface area contributed by atoms with E-state index in [0.29, 0.717) is 0 Å². The second-order valence-corrected chi connectivity index (χ2v) is 9.16. The minimum Gasteiger partial charge on any atom is -0.324 e. The van der Waals surface area contributed by atoms with Crippen molar-refractivity contribution in [1.82, 2.24) is 13.9 Å². The Bertz CT molecular complexity index is 792. The summed E-state index contributed by atoms with van der Waals surface area (Å²) in [7, 11) is -5.73. The number of halogens is 1. The SMILES string of the molecule is C#CCN(C1CCS(=O)(=O)C1)S(=O)(=O)c1ncn(C)c1Cl. The zero-order valence-electron chi connectivity index (χ0n) is 11.2. The summed E-state index contributed by atoms with van der Waals surface area (Å²) in [4.78, 5) is 3.78. The van der Waals surface area contributed by atoms with E-state index in [1.54, 1.807) is 7.05 Å². The van der Waals surface area contributed by atoms with E-state index in [0.717, 1.165) is 4.31 Å². The summed E-state index contributed by atoms with van der Waals surface area (Å²) >= 11 is 5.92. The third-order valence-electron chi connectivity index (χ3n) is 3.25. The fraction of sp³-hybridized carbons (Fsp3) is 0.545. The van der Waals surface area contributed by atoms with E-state index in [-0.39, 0.29) is 34.7 Å². The van der Waals surface area contributed by atoms with Crippen LogP contribution in [-0.2, 0) is 26.9 Å². The molecule has 1 aliphatic heterocycles. The molecule has 0 radical (unpaired) electrons. The van der Waals surface area contributed by atoms with Crippen molar-refractivity contribution in [2.24, 2.45) is 7.05 Å². The van der Waals surface area contributed by atoms with E-state index >= 15 is 0 Å². The lowest BCUT2D eigenvalue weighted by atomic mass is 10.3. The Labute approximate surface area is 128 Å². The van der Waals surface area contributed by atoms with Crippen LogP contribution in [0.2, 0.25) is 5.15 Å². The fourth-order valence-corrected chi connectivity index (χ4v) is 5.97. The van der Waals surface area contributed by atoms with Gasteiger partial charge in [-0.15, -0.1) is 6.42 Å². The number of imidazole rings is 1. The van der Waals surface area contributed by atoms with Crippen LogP contribution in [0.3, 0.4) is 0 Å². The van der Waals surface area contributed by atoms with E-state index in [1.165, 1.54) is 10.9 Å². The molecule has 1 saturated heterocycles. The highest BCUT2D eigenvalue weighted by Gasteiger charge is 2.40. The van der Waals surface area contributed by atoms with E-state index in [2.05, 4.69) is 10.9 Å². The van der Waals surface area contributed by atoms with Gasteiger partial charge in [0.05, 0.1) is 24.4 Å². The van der Waals surface area contributed by atoms with Gasteiger partial charge in [-0.3, -0.25) is 0 Å². The van der Waals surface area contributed by atoms with Gasteiger partial charge in [-0.25, -0.2) is 21.8 Å². The predicted octanol–water partition coefficient (Wildman–Crippen LogP) is -0.116. The number of aromatic nitrogens is 2. The van der Waals surface area contributed by atoms with Crippen LogP contribution in [0, 0.1) is 12.3 Å². The molecule has 0 bridgehead atoms. The molecule has 0 aliphatic carbocycles. The van der Waals surface area contributed by atoms with Crippen LogP contribution in [-0.4, -0.2) is 54.8 Å². The monoisotopic (exact) mass is 351 g/mol. The molecule has 1 atom stereocenters. The zero-order valence-corrected chi connectivity index (χ0v) is 13.6. The molecule has 0 amide bonds. The highest BCUT2D eigenvalue weighted by Crippen LogP contribution is 2.27. The van der Waals surface area contributed by atoms with Crippen molar-refractivity contribution in [1.29, 1.82) is 0 Å². The average molecular weight is 352 g/mol. The Morgan fingerprint density at radius 1 is 1.62 bits per heavy atom. The molecule has 0 N–H and O–H groups in total. The highest BCUT2D eigenvalue weighted by atomic mass is 35.5. The zero-order chi connectivity index (χ0) is 15.8. The summed E-state index contributed by atoms with van der Waals surface area (Å²) in [5, 5.41) is -0.357. The topological polar surface area (TPSA) is 89.3 Å². The predicted molar refractivity (Wildman–Crippen MR) is 78.0 cm³/mol. The van der Waals surface area contributed by atoms with Crippen LogP contribution in [0.25, 0.3) is 0 Å². The maximum atomic E-state index is 12.6. The Morgan fingerprint density at radius 2 is 2.29 bits per heavy atom. The van der Waals surface area contributed by atoms with Crippen LogP contribution >= 0.6 is 11.6 Å². The maximum Gasteiger partial charge on any atom is 0.264 e. The van der Waals surface area contributed by atoms with Crippen molar-refractivity contribution >= 4 is 31.5 Å². The third-order valence-corrected chi connectivity index (χ3v) is 7.39. The summed E-state index contributed by atoms with van der Waals surface area (Å²) in [6, 6.07) is -0.686. The van der Waals surface area contributed by atoms with Gasteiger partial charge in [0.1, 0.15) is 5.15 Å². The molecule has 116 valence electrons. The van der Waals surface area contributed by atoms with Crippen molar-refractivity contribution in [2.75, 3.05) is 18.1 Å². The summed E-state index contributed by atoms with van der Waals surface area (Å²) in [5.41, 5.74) is 0. The first-order valence-corrected chi connectivity index (χ1v) is 9.65. The number of nitrogens with zero attached hydrogens (tertiary/aromatic N) is 3. The summed E-state index contributed by atoms with van der Waals surface area (Å²) in [6.45, 7) is -0.227. The van der Waals surface area contributed by atoms with Crippen LogP contribution in [0.1, 0.15) is 6.42 Å². The molecule has 1 fully saturated rings.